The molecule has 0 radical (unpaired) electrons. The van der Waals surface area contributed by atoms with E-state index in [1.165, 1.54) is 6.42 Å². The molecule has 20 heavy (non-hydrogen) atoms. The van der Waals surface area contributed by atoms with Crippen molar-refractivity contribution in [1.82, 2.24) is 10.6 Å². The number of rotatable bonds is 4. The molecule has 1 saturated heterocycles. The van der Waals surface area contributed by atoms with Crippen LogP contribution in [0.3, 0.4) is 0 Å². The second-order valence-electron chi connectivity index (χ2n) is 7.07. The van der Waals surface area contributed by atoms with Crippen LogP contribution in [0.2, 0.25) is 0 Å². The van der Waals surface area contributed by atoms with Gasteiger partial charge in [0.1, 0.15) is 5.60 Å². The van der Waals surface area contributed by atoms with Gasteiger partial charge in [-0.15, -0.1) is 0 Å². The molecule has 116 valence electrons. The normalized spacial score (nSPS) is 33.6. The van der Waals surface area contributed by atoms with Crippen LogP contribution in [0.4, 0.5) is 4.79 Å². The van der Waals surface area contributed by atoms with Crippen LogP contribution in [-0.4, -0.2) is 42.5 Å². The van der Waals surface area contributed by atoms with Gasteiger partial charge in [-0.2, -0.15) is 0 Å². The smallest absolute Gasteiger partial charge is 0.407 e. The van der Waals surface area contributed by atoms with Gasteiger partial charge >= 0.3 is 6.09 Å². The van der Waals surface area contributed by atoms with Crippen LogP contribution in [0, 0.1) is 0 Å². The standard InChI is InChI=1S/C15H28N2O3/c1-10-5-6-13(19-10)9-16-11-7-12(8-11)17-14(18)20-15(2,3)4/h10-13,16H,5-9H2,1-4H3,(H,17,18). The molecule has 2 aliphatic rings. The molecule has 1 amide bonds. The summed E-state index contributed by atoms with van der Waals surface area (Å²) >= 11 is 0. The Morgan fingerprint density at radius 1 is 1.25 bits per heavy atom. The van der Waals surface area contributed by atoms with E-state index in [1.54, 1.807) is 0 Å². The largest absolute Gasteiger partial charge is 0.444 e. The van der Waals surface area contributed by atoms with Crippen molar-refractivity contribution in [3.05, 3.63) is 0 Å². The summed E-state index contributed by atoms with van der Waals surface area (Å²) in [5.41, 5.74) is -0.429. The predicted octanol–water partition coefficient (Wildman–Crippen LogP) is 2.20. The van der Waals surface area contributed by atoms with Gasteiger partial charge in [0.2, 0.25) is 0 Å². The first-order chi connectivity index (χ1) is 9.32. The Hall–Kier alpha value is -0.810. The molecule has 0 aromatic rings. The zero-order valence-corrected chi connectivity index (χ0v) is 13.1. The van der Waals surface area contributed by atoms with Crippen LogP contribution < -0.4 is 10.6 Å². The SMILES string of the molecule is CC1CCC(CNC2CC(NC(=O)OC(C)(C)C)C2)O1. The van der Waals surface area contributed by atoms with Crippen molar-refractivity contribution in [2.75, 3.05) is 6.54 Å². The number of carbonyl (C=O) groups excluding carboxylic acids is 1. The minimum Gasteiger partial charge on any atom is -0.444 e. The van der Waals surface area contributed by atoms with Crippen molar-refractivity contribution in [3.63, 3.8) is 0 Å². The highest BCUT2D eigenvalue weighted by Gasteiger charge is 2.32. The fraction of sp³-hybridized carbons (Fsp3) is 0.933. The number of hydrogen-bond acceptors (Lipinski definition) is 4. The summed E-state index contributed by atoms with van der Waals surface area (Å²) < 4.78 is 11.0. The summed E-state index contributed by atoms with van der Waals surface area (Å²) in [6.45, 7) is 8.68. The molecule has 2 atom stereocenters. The summed E-state index contributed by atoms with van der Waals surface area (Å²) in [6.07, 6.45) is 4.73. The van der Waals surface area contributed by atoms with Crippen LogP contribution in [0.5, 0.6) is 0 Å². The maximum atomic E-state index is 11.6. The summed E-state index contributed by atoms with van der Waals surface area (Å²) in [6, 6.07) is 0.736. The minimum absolute atomic E-state index is 0.241. The number of carbonyl (C=O) groups is 1. The molecular weight excluding hydrogens is 256 g/mol. The fourth-order valence-electron chi connectivity index (χ4n) is 2.71. The van der Waals surface area contributed by atoms with E-state index in [0.717, 1.165) is 25.8 Å². The summed E-state index contributed by atoms with van der Waals surface area (Å²) in [5.74, 6) is 0. The average Bonchev–Trinajstić information content (AvgIpc) is 2.64. The Morgan fingerprint density at radius 2 is 1.95 bits per heavy atom. The van der Waals surface area contributed by atoms with Crippen molar-refractivity contribution in [1.29, 1.82) is 0 Å². The number of nitrogens with one attached hydrogen (secondary N) is 2. The quantitative estimate of drug-likeness (QED) is 0.831. The lowest BCUT2D eigenvalue weighted by atomic mass is 9.87. The first-order valence-corrected chi connectivity index (χ1v) is 7.70. The van der Waals surface area contributed by atoms with E-state index in [0.29, 0.717) is 18.2 Å². The molecule has 1 saturated carbocycles. The summed E-state index contributed by atoms with van der Waals surface area (Å²) in [7, 11) is 0. The average molecular weight is 284 g/mol. The third kappa shape index (κ3) is 4.94. The van der Waals surface area contributed by atoms with Crippen LogP contribution in [-0.2, 0) is 9.47 Å². The van der Waals surface area contributed by atoms with E-state index in [9.17, 15) is 4.79 Å². The lowest BCUT2D eigenvalue weighted by Gasteiger charge is -2.37. The van der Waals surface area contributed by atoms with Crippen molar-refractivity contribution in [3.8, 4) is 0 Å². The molecule has 1 aliphatic heterocycles. The van der Waals surface area contributed by atoms with E-state index in [4.69, 9.17) is 9.47 Å². The maximum Gasteiger partial charge on any atom is 0.407 e. The Kier molecular flexibility index (Phi) is 4.91. The Bertz CT molecular complexity index is 335. The molecule has 0 spiro atoms. The molecule has 2 fully saturated rings. The van der Waals surface area contributed by atoms with Gasteiger partial charge in [0.25, 0.3) is 0 Å². The van der Waals surface area contributed by atoms with Gasteiger partial charge in [0.15, 0.2) is 0 Å². The Morgan fingerprint density at radius 3 is 2.50 bits per heavy atom. The molecule has 1 heterocycles. The molecule has 2 N–H and O–H groups in total. The van der Waals surface area contributed by atoms with Crippen LogP contribution in [0.25, 0.3) is 0 Å². The zero-order valence-electron chi connectivity index (χ0n) is 13.1. The first kappa shape index (κ1) is 15.6. The Labute approximate surface area is 121 Å². The van der Waals surface area contributed by atoms with Gasteiger partial charge in [0.05, 0.1) is 12.2 Å². The highest BCUT2D eigenvalue weighted by Crippen LogP contribution is 2.23. The molecule has 0 bridgehead atoms. The first-order valence-electron chi connectivity index (χ1n) is 7.70. The van der Waals surface area contributed by atoms with Gasteiger partial charge in [-0.3, -0.25) is 0 Å². The van der Waals surface area contributed by atoms with E-state index in [-0.39, 0.29) is 12.1 Å². The van der Waals surface area contributed by atoms with E-state index >= 15 is 0 Å². The third-order valence-corrected chi connectivity index (χ3v) is 3.81. The number of alkyl carbamates (subject to hydrolysis) is 1. The molecular formula is C15H28N2O3. The topological polar surface area (TPSA) is 59.6 Å². The van der Waals surface area contributed by atoms with Crippen molar-refractivity contribution in [2.45, 2.75) is 83.3 Å². The van der Waals surface area contributed by atoms with Gasteiger partial charge in [-0.1, -0.05) is 0 Å². The van der Waals surface area contributed by atoms with Crippen LogP contribution in [0.1, 0.15) is 53.4 Å². The molecule has 0 aromatic carbocycles. The monoisotopic (exact) mass is 284 g/mol. The summed E-state index contributed by atoms with van der Waals surface area (Å²) in [5, 5.41) is 6.42. The second-order valence-corrected chi connectivity index (χ2v) is 7.07. The minimum atomic E-state index is -0.429. The number of ether oxygens (including phenoxy) is 2. The lowest BCUT2D eigenvalue weighted by Crippen LogP contribution is -2.54. The van der Waals surface area contributed by atoms with Gasteiger partial charge in [0, 0.05) is 18.6 Å². The van der Waals surface area contributed by atoms with Gasteiger partial charge in [-0.25, -0.2) is 4.79 Å². The predicted molar refractivity (Wildman–Crippen MR) is 77.8 cm³/mol. The molecule has 5 heteroatoms. The highest BCUT2D eigenvalue weighted by molar-refractivity contribution is 5.68. The summed E-state index contributed by atoms with van der Waals surface area (Å²) in [4.78, 5) is 11.6. The van der Waals surface area contributed by atoms with E-state index in [2.05, 4.69) is 17.6 Å². The molecule has 2 rings (SSSR count). The maximum absolute atomic E-state index is 11.6. The third-order valence-electron chi connectivity index (χ3n) is 3.81. The van der Waals surface area contributed by atoms with Crippen LogP contribution >= 0.6 is 0 Å². The number of amides is 1. The van der Waals surface area contributed by atoms with Crippen molar-refractivity contribution < 1.29 is 14.3 Å². The fourth-order valence-corrected chi connectivity index (χ4v) is 2.71. The van der Waals surface area contributed by atoms with Gasteiger partial charge < -0.3 is 20.1 Å². The van der Waals surface area contributed by atoms with E-state index in [1.807, 2.05) is 20.8 Å². The van der Waals surface area contributed by atoms with Crippen LogP contribution in [0.15, 0.2) is 0 Å². The van der Waals surface area contributed by atoms with Crippen molar-refractivity contribution in [2.24, 2.45) is 0 Å². The second kappa shape index (κ2) is 6.31. The molecule has 5 nitrogen and oxygen atoms in total. The lowest BCUT2D eigenvalue weighted by molar-refractivity contribution is 0.0421. The molecule has 1 aliphatic carbocycles. The Balaban J connectivity index is 1.55. The van der Waals surface area contributed by atoms with E-state index < -0.39 is 5.60 Å². The highest BCUT2D eigenvalue weighted by atomic mass is 16.6. The van der Waals surface area contributed by atoms with Gasteiger partial charge in [-0.05, 0) is 53.4 Å². The molecule has 0 aromatic heterocycles. The zero-order chi connectivity index (χ0) is 14.8. The van der Waals surface area contributed by atoms with Crippen molar-refractivity contribution >= 4 is 6.09 Å². The number of hydrogen-bond donors (Lipinski definition) is 2. The molecule has 2 unspecified atom stereocenters.